The van der Waals surface area contributed by atoms with Gasteiger partial charge >= 0.3 is 11.6 Å². The Morgan fingerprint density at radius 3 is 3.07 bits per heavy atom. The van der Waals surface area contributed by atoms with Gasteiger partial charge in [0.1, 0.15) is 6.61 Å². The van der Waals surface area contributed by atoms with Gasteiger partial charge in [-0.15, -0.1) is 0 Å². The van der Waals surface area contributed by atoms with Gasteiger partial charge in [-0.3, -0.25) is 4.52 Å². The Labute approximate surface area is 80.8 Å². The van der Waals surface area contributed by atoms with Crippen molar-refractivity contribution in [1.82, 2.24) is 5.27 Å². The van der Waals surface area contributed by atoms with Crippen molar-refractivity contribution in [2.24, 2.45) is 4.99 Å². The lowest BCUT2D eigenvalue weighted by atomic mass is 10.4. The van der Waals surface area contributed by atoms with E-state index in [0.29, 0.717) is 12.2 Å². The van der Waals surface area contributed by atoms with Crippen molar-refractivity contribution in [2.45, 2.75) is 20.1 Å². The summed E-state index contributed by atoms with van der Waals surface area (Å²) in [6.45, 7) is 4.92. The maximum atomic E-state index is 10.7. The van der Waals surface area contributed by atoms with E-state index in [1.807, 2.05) is 0 Å². The lowest BCUT2D eigenvalue weighted by Gasteiger charge is -1.97. The summed E-state index contributed by atoms with van der Waals surface area (Å²) in [7, 11) is 0. The molecule has 1 rings (SSSR count). The maximum Gasteiger partial charge on any atom is 0.326 e. The van der Waals surface area contributed by atoms with Gasteiger partial charge in [-0.25, -0.2) is 4.99 Å². The largest absolute Gasteiger partial charge is 0.862 e. The Morgan fingerprint density at radius 2 is 2.57 bits per heavy atom. The summed E-state index contributed by atoms with van der Waals surface area (Å²) >= 11 is 0. The van der Waals surface area contributed by atoms with E-state index in [4.69, 9.17) is 9.63 Å². The third-order valence-corrected chi connectivity index (χ3v) is 1.50. The van der Waals surface area contributed by atoms with Crippen LogP contribution in [0.5, 0.6) is 0 Å². The maximum absolute atomic E-state index is 10.7. The molecule has 1 aromatic heterocycles. The van der Waals surface area contributed by atoms with Crippen LogP contribution in [0.3, 0.4) is 0 Å². The monoisotopic (exact) mass is 197 g/mol. The van der Waals surface area contributed by atoms with Crippen LogP contribution in [0.25, 0.3) is 0 Å². The lowest BCUT2D eigenvalue weighted by Crippen LogP contribution is -2.38. The molecule has 0 aromatic carbocycles. The summed E-state index contributed by atoms with van der Waals surface area (Å²) in [5, 5.41) is 23.3. The first kappa shape index (κ1) is 10.4. The van der Waals surface area contributed by atoms with Crippen LogP contribution < -0.4 is 9.79 Å². The number of hydrogen-bond donors (Lipinski definition) is 1. The van der Waals surface area contributed by atoms with E-state index in [1.165, 1.54) is 11.6 Å². The van der Waals surface area contributed by atoms with Gasteiger partial charge < -0.3 is 10.2 Å². The Kier molecular flexibility index (Phi) is 3.35. The van der Waals surface area contributed by atoms with Crippen LogP contribution >= 0.6 is 0 Å². The number of rotatable bonds is 4. The second kappa shape index (κ2) is 4.52. The number of aliphatic hydroxyl groups is 1. The fourth-order valence-corrected chi connectivity index (χ4v) is 0.943. The lowest BCUT2D eigenvalue weighted by molar-refractivity contribution is -0.760. The topological polar surface area (TPSA) is 85.6 Å². The van der Waals surface area contributed by atoms with Crippen LogP contribution in [-0.4, -0.2) is 16.3 Å². The quantitative estimate of drug-likeness (QED) is 0.292. The highest BCUT2D eigenvalue weighted by molar-refractivity contribution is 5.71. The number of aromatic nitrogens is 2. The van der Waals surface area contributed by atoms with Gasteiger partial charge in [-0.1, -0.05) is 6.58 Å². The average molecular weight is 197 g/mol. The third-order valence-electron chi connectivity index (χ3n) is 1.50. The summed E-state index contributed by atoms with van der Waals surface area (Å²) in [5.41, 5.74) is 0.361. The molecule has 0 aliphatic carbocycles. The number of hydrogen-bond acceptors (Lipinski definition) is 5. The molecule has 0 saturated heterocycles. The molecule has 14 heavy (non-hydrogen) atoms. The summed E-state index contributed by atoms with van der Waals surface area (Å²) < 4.78 is 6.15. The third kappa shape index (κ3) is 2.17. The highest BCUT2D eigenvalue weighted by Crippen LogP contribution is 2.13. The molecule has 0 aliphatic heterocycles. The van der Waals surface area contributed by atoms with Gasteiger partial charge in [0.25, 0.3) is 0 Å². The fraction of sp³-hybridized carbons (Fsp3) is 0.375. The molecule has 0 aliphatic rings. The van der Waals surface area contributed by atoms with Crippen LogP contribution in [0.15, 0.2) is 22.2 Å². The van der Waals surface area contributed by atoms with Crippen LogP contribution in [-0.2, 0) is 13.2 Å². The molecule has 6 nitrogen and oxygen atoms in total. The van der Waals surface area contributed by atoms with Crippen molar-refractivity contribution < 1.29 is 19.4 Å². The number of aliphatic imine (C=N–C) groups is 1. The summed E-state index contributed by atoms with van der Waals surface area (Å²) in [4.78, 5) is 3.55. The van der Waals surface area contributed by atoms with E-state index >= 15 is 0 Å². The zero-order chi connectivity index (χ0) is 10.6. The highest BCUT2D eigenvalue weighted by atomic mass is 16.5. The number of nitrogens with zero attached hydrogens (tertiary/aromatic N) is 3. The zero-order valence-electron chi connectivity index (χ0n) is 7.80. The zero-order valence-corrected chi connectivity index (χ0v) is 7.80. The Bertz CT molecular complexity index is 353. The van der Waals surface area contributed by atoms with Crippen LogP contribution in [0, 0.1) is 0 Å². The Hall–Kier alpha value is -1.69. The van der Waals surface area contributed by atoms with Crippen molar-refractivity contribution in [3.05, 3.63) is 18.3 Å². The first-order chi connectivity index (χ1) is 6.69. The Balaban J connectivity index is 3.06. The minimum Gasteiger partial charge on any atom is -0.862 e. The SMILES string of the molecule is C=CC[n+]1noc(/N=C(/C)[O-])c1CO. The van der Waals surface area contributed by atoms with Crippen LogP contribution in [0.1, 0.15) is 12.6 Å². The molecular weight excluding hydrogens is 186 g/mol. The molecule has 6 heteroatoms. The van der Waals surface area contributed by atoms with Crippen molar-refractivity contribution in [3.8, 4) is 0 Å². The molecular formula is C8H11N3O3. The van der Waals surface area contributed by atoms with E-state index in [0.717, 1.165) is 0 Å². The molecule has 0 bridgehead atoms. The second-order valence-electron chi connectivity index (χ2n) is 2.58. The average Bonchev–Trinajstić information content (AvgIpc) is 2.47. The fourth-order valence-electron chi connectivity index (χ4n) is 0.943. The molecule has 1 aromatic rings. The van der Waals surface area contributed by atoms with Gasteiger partial charge in [-0.2, -0.15) is 0 Å². The predicted octanol–water partition coefficient (Wildman–Crippen LogP) is -0.949. The Morgan fingerprint density at radius 1 is 1.86 bits per heavy atom. The first-order valence-electron chi connectivity index (χ1n) is 4.01. The van der Waals surface area contributed by atoms with Gasteiger partial charge in [0.2, 0.25) is 5.27 Å². The van der Waals surface area contributed by atoms with Crippen molar-refractivity contribution in [2.75, 3.05) is 0 Å². The molecule has 0 spiro atoms. The molecule has 1 heterocycles. The van der Waals surface area contributed by atoms with Gasteiger partial charge in [0, 0.05) is 0 Å². The van der Waals surface area contributed by atoms with Crippen molar-refractivity contribution in [3.63, 3.8) is 0 Å². The number of aliphatic hydroxyl groups excluding tert-OH is 1. The van der Waals surface area contributed by atoms with Crippen molar-refractivity contribution in [1.29, 1.82) is 0 Å². The molecule has 0 unspecified atom stereocenters. The summed E-state index contributed by atoms with van der Waals surface area (Å²) in [6, 6.07) is 0. The molecule has 0 radical (unpaired) electrons. The molecule has 0 saturated carbocycles. The van der Waals surface area contributed by atoms with Crippen molar-refractivity contribution >= 4 is 11.8 Å². The minimum absolute atomic E-state index is 0.0434. The van der Waals surface area contributed by atoms with Gasteiger partial charge in [0.15, 0.2) is 6.54 Å². The summed E-state index contributed by atoms with van der Waals surface area (Å²) in [5.74, 6) is -0.358. The van der Waals surface area contributed by atoms with Gasteiger partial charge in [-0.05, 0) is 23.6 Å². The normalized spacial score (nSPS) is 11.7. The van der Waals surface area contributed by atoms with Crippen LogP contribution in [0.2, 0.25) is 0 Å². The summed E-state index contributed by atoms with van der Waals surface area (Å²) in [6.07, 6.45) is 1.60. The molecule has 0 amide bonds. The first-order valence-corrected chi connectivity index (χ1v) is 4.01. The predicted molar refractivity (Wildman–Crippen MR) is 45.6 cm³/mol. The standard InChI is InChI=1S/C8H11N3O3/c1-3-4-11-7(5-12)8(14-10-11)9-6(2)13/h3,12H,1,4-5H2,2H3. The van der Waals surface area contributed by atoms with Crippen LogP contribution in [0.4, 0.5) is 5.88 Å². The molecule has 0 fully saturated rings. The van der Waals surface area contributed by atoms with Gasteiger partial charge in [0.05, 0.1) is 0 Å². The second-order valence-corrected chi connectivity index (χ2v) is 2.58. The van der Waals surface area contributed by atoms with E-state index in [-0.39, 0.29) is 12.5 Å². The molecule has 0 atom stereocenters. The molecule has 1 N–H and O–H groups in total. The van der Waals surface area contributed by atoms with E-state index in [2.05, 4.69) is 16.8 Å². The highest BCUT2D eigenvalue weighted by Gasteiger charge is 2.21. The van der Waals surface area contributed by atoms with E-state index in [9.17, 15) is 5.11 Å². The smallest absolute Gasteiger partial charge is 0.326 e. The van der Waals surface area contributed by atoms with E-state index < -0.39 is 5.90 Å². The molecule has 76 valence electrons. The number of allylic oxidation sites excluding steroid dienone is 1. The van der Waals surface area contributed by atoms with E-state index in [1.54, 1.807) is 6.08 Å². The minimum atomic E-state index is -0.401.